The molecule has 1 fully saturated rings. The predicted molar refractivity (Wildman–Crippen MR) is 130 cm³/mol. The molecule has 0 aromatic carbocycles. The van der Waals surface area contributed by atoms with Crippen molar-refractivity contribution >= 4 is 34.5 Å². The first-order valence-electron chi connectivity index (χ1n) is 11.3. The van der Waals surface area contributed by atoms with Crippen molar-refractivity contribution in [1.29, 1.82) is 0 Å². The highest BCUT2D eigenvalue weighted by Gasteiger charge is 2.38. The van der Waals surface area contributed by atoms with Gasteiger partial charge in [0.05, 0.1) is 4.88 Å². The summed E-state index contributed by atoms with van der Waals surface area (Å²) in [6, 6.07) is 7.03. The number of carbonyl (C=O) groups is 2. The van der Waals surface area contributed by atoms with Crippen LogP contribution in [0.4, 0.5) is 0 Å². The molecular weight excluding hydrogens is 456 g/mol. The predicted octanol–water partition coefficient (Wildman–Crippen LogP) is 4.28. The van der Waals surface area contributed by atoms with E-state index in [-0.39, 0.29) is 24.4 Å². The molecule has 3 aromatic rings. The summed E-state index contributed by atoms with van der Waals surface area (Å²) in [6.45, 7) is 5.80. The molecule has 3 aromatic heterocycles. The number of rotatable bonds is 7. The van der Waals surface area contributed by atoms with Crippen molar-refractivity contribution in [2.75, 3.05) is 0 Å². The van der Waals surface area contributed by atoms with Crippen LogP contribution in [0.1, 0.15) is 63.8 Å². The maximum absolute atomic E-state index is 13.7. The van der Waals surface area contributed by atoms with Crippen molar-refractivity contribution in [2.24, 2.45) is 0 Å². The maximum Gasteiger partial charge on any atom is 0.248 e. The van der Waals surface area contributed by atoms with Crippen LogP contribution in [0, 0.1) is 0 Å². The van der Waals surface area contributed by atoms with Crippen LogP contribution >= 0.6 is 22.7 Å². The fourth-order valence-electron chi connectivity index (χ4n) is 4.21. The van der Waals surface area contributed by atoms with Crippen molar-refractivity contribution in [2.45, 2.75) is 77.0 Å². The van der Waals surface area contributed by atoms with Crippen molar-refractivity contribution in [3.8, 4) is 10.7 Å². The van der Waals surface area contributed by atoms with E-state index in [1.54, 1.807) is 4.90 Å². The van der Waals surface area contributed by atoms with E-state index >= 15 is 0 Å². The lowest BCUT2D eigenvalue weighted by Crippen LogP contribution is -2.53. The molecule has 1 atom stereocenters. The molecule has 0 saturated heterocycles. The summed E-state index contributed by atoms with van der Waals surface area (Å²) in [5.41, 5.74) is -0.406. The smallest absolute Gasteiger partial charge is 0.248 e. The Morgan fingerprint density at radius 2 is 1.88 bits per heavy atom. The Kier molecular flexibility index (Phi) is 7.23. The van der Waals surface area contributed by atoms with Gasteiger partial charge in [-0.2, -0.15) is 4.80 Å². The van der Waals surface area contributed by atoms with Crippen LogP contribution in [0.2, 0.25) is 0 Å². The fraction of sp³-hybridized carbons (Fsp3) is 0.522. The van der Waals surface area contributed by atoms with Crippen LogP contribution < -0.4 is 5.32 Å². The third-order valence-corrected chi connectivity index (χ3v) is 7.36. The molecule has 0 spiro atoms. The van der Waals surface area contributed by atoms with E-state index in [1.165, 1.54) is 27.5 Å². The molecule has 0 radical (unpaired) electrons. The molecule has 4 rings (SSSR count). The van der Waals surface area contributed by atoms with Gasteiger partial charge in [-0.3, -0.25) is 9.59 Å². The quantitative estimate of drug-likeness (QED) is 0.538. The van der Waals surface area contributed by atoms with Gasteiger partial charge in [0.15, 0.2) is 0 Å². The molecule has 0 aliphatic heterocycles. The van der Waals surface area contributed by atoms with Crippen molar-refractivity contribution in [3.63, 3.8) is 0 Å². The molecule has 3 heterocycles. The number of nitrogens with zero attached hydrogens (tertiary/aromatic N) is 5. The number of aromatic nitrogens is 4. The van der Waals surface area contributed by atoms with Crippen LogP contribution in [-0.4, -0.2) is 48.5 Å². The van der Waals surface area contributed by atoms with E-state index < -0.39 is 11.6 Å². The minimum absolute atomic E-state index is 0.00403. The molecule has 8 nitrogen and oxygen atoms in total. The first-order chi connectivity index (χ1) is 15.8. The number of hydrogen-bond donors (Lipinski definition) is 1. The third-order valence-electron chi connectivity index (χ3n) is 5.56. The second-order valence-corrected chi connectivity index (χ2v) is 11.3. The zero-order valence-corrected chi connectivity index (χ0v) is 20.9. The summed E-state index contributed by atoms with van der Waals surface area (Å²) >= 11 is 3.02. The summed E-state index contributed by atoms with van der Waals surface area (Å²) in [5, 5.41) is 19.6. The highest BCUT2D eigenvalue weighted by Crippen LogP contribution is 2.33. The number of carbonyl (C=O) groups excluding carboxylic acids is 2. The van der Waals surface area contributed by atoms with Gasteiger partial charge in [0.1, 0.15) is 12.6 Å². The molecule has 2 amide bonds. The molecule has 33 heavy (non-hydrogen) atoms. The Labute approximate surface area is 202 Å². The number of tetrazole rings is 1. The van der Waals surface area contributed by atoms with Gasteiger partial charge in [0.25, 0.3) is 0 Å². The molecule has 1 unspecified atom stereocenters. The summed E-state index contributed by atoms with van der Waals surface area (Å²) in [7, 11) is 0. The lowest BCUT2D eigenvalue weighted by Gasteiger charge is -2.40. The topological polar surface area (TPSA) is 93.0 Å². The molecule has 1 aliphatic carbocycles. The standard InChI is InChI=1S/C23H30N6O2S2/c1-23(2,3)24-22(31)20(17-11-7-13-32-17)29(16-9-5-4-6-10-16)19(30)15-28-26-21(25-27-28)18-12-8-14-33-18/h7-8,11-14,16,20H,4-6,9-10,15H2,1-3H3,(H,24,31). The first-order valence-corrected chi connectivity index (χ1v) is 13.1. The Bertz CT molecular complexity index is 1050. The van der Waals surface area contributed by atoms with Gasteiger partial charge in [-0.25, -0.2) is 0 Å². The molecule has 0 bridgehead atoms. The van der Waals surface area contributed by atoms with Crippen LogP contribution in [-0.2, 0) is 16.1 Å². The van der Waals surface area contributed by atoms with Crippen molar-refractivity contribution in [3.05, 3.63) is 39.9 Å². The summed E-state index contributed by atoms with van der Waals surface area (Å²) in [4.78, 5) is 32.1. The van der Waals surface area contributed by atoms with Gasteiger partial charge in [0.2, 0.25) is 17.6 Å². The second-order valence-electron chi connectivity index (χ2n) is 9.37. The Hall–Kier alpha value is -2.59. The van der Waals surface area contributed by atoms with Gasteiger partial charge in [-0.05, 0) is 61.7 Å². The van der Waals surface area contributed by atoms with Gasteiger partial charge in [0, 0.05) is 16.5 Å². The van der Waals surface area contributed by atoms with Gasteiger partial charge < -0.3 is 10.2 Å². The van der Waals surface area contributed by atoms with Crippen LogP contribution in [0.5, 0.6) is 0 Å². The summed E-state index contributed by atoms with van der Waals surface area (Å²) in [5.74, 6) is 0.177. The highest BCUT2D eigenvalue weighted by molar-refractivity contribution is 7.13. The lowest BCUT2D eigenvalue weighted by atomic mass is 9.92. The fourth-order valence-corrected chi connectivity index (χ4v) is 5.68. The minimum atomic E-state index is -0.680. The summed E-state index contributed by atoms with van der Waals surface area (Å²) < 4.78 is 0. The monoisotopic (exact) mass is 486 g/mol. The van der Waals surface area contributed by atoms with Crippen LogP contribution in [0.3, 0.4) is 0 Å². The van der Waals surface area contributed by atoms with E-state index in [1.807, 2.05) is 55.8 Å². The maximum atomic E-state index is 13.7. The number of thiophene rings is 2. The number of amides is 2. The van der Waals surface area contributed by atoms with E-state index in [4.69, 9.17) is 0 Å². The minimum Gasteiger partial charge on any atom is -0.349 e. The van der Waals surface area contributed by atoms with Gasteiger partial charge >= 0.3 is 0 Å². The largest absolute Gasteiger partial charge is 0.349 e. The molecule has 176 valence electrons. The second kappa shape index (κ2) is 10.1. The SMILES string of the molecule is CC(C)(C)NC(=O)C(c1cccs1)N(C(=O)Cn1nnc(-c2cccs2)n1)C1CCCCC1. The Morgan fingerprint density at radius 3 is 2.52 bits per heavy atom. The molecular formula is C23H30N6O2S2. The van der Waals surface area contributed by atoms with Gasteiger partial charge in [-0.15, -0.1) is 32.9 Å². The first kappa shape index (κ1) is 23.6. The van der Waals surface area contributed by atoms with Crippen LogP contribution in [0.25, 0.3) is 10.7 Å². The zero-order chi connectivity index (χ0) is 23.4. The van der Waals surface area contributed by atoms with Crippen LogP contribution in [0.15, 0.2) is 35.0 Å². The molecule has 1 saturated carbocycles. The molecule has 10 heteroatoms. The molecule has 1 N–H and O–H groups in total. The van der Waals surface area contributed by atoms with Gasteiger partial charge in [-0.1, -0.05) is 31.4 Å². The highest BCUT2D eigenvalue weighted by atomic mass is 32.1. The van der Waals surface area contributed by atoms with E-state index in [9.17, 15) is 9.59 Å². The Balaban J connectivity index is 1.64. The third kappa shape index (κ3) is 5.86. The normalized spacial score (nSPS) is 15.8. The Morgan fingerprint density at radius 1 is 1.15 bits per heavy atom. The van der Waals surface area contributed by atoms with E-state index in [2.05, 4.69) is 20.7 Å². The lowest BCUT2D eigenvalue weighted by molar-refractivity contribution is -0.145. The average Bonchev–Trinajstić information content (AvgIpc) is 3.53. The van der Waals surface area contributed by atoms with Crippen molar-refractivity contribution in [1.82, 2.24) is 30.4 Å². The number of hydrogen-bond acceptors (Lipinski definition) is 7. The summed E-state index contributed by atoms with van der Waals surface area (Å²) in [6.07, 6.45) is 5.04. The van der Waals surface area contributed by atoms with E-state index in [0.717, 1.165) is 41.9 Å². The zero-order valence-electron chi connectivity index (χ0n) is 19.2. The molecule has 1 aliphatic rings. The number of nitrogens with one attached hydrogen (secondary N) is 1. The average molecular weight is 487 g/mol. The van der Waals surface area contributed by atoms with E-state index in [0.29, 0.717) is 5.82 Å². The van der Waals surface area contributed by atoms with Crippen molar-refractivity contribution < 1.29 is 9.59 Å².